The van der Waals surface area contributed by atoms with Crippen molar-refractivity contribution in [1.29, 1.82) is 0 Å². The first kappa shape index (κ1) is 88.8. The fourth-order valence-corrected chi connectivity index (χ4v) is 15.7. The summed E-state index contributed by atoms with van der Waals surface area (Å²) in [6, 6.07) is 61.6. The van der Waals surface area contributed by atoms with E-state index < -0.39 is 173 Å². The van der Waals surface area contributed by atoms with E-state index in [1.54, 1.807) is 164 Å². The molecule has 30 nitrogen and oxygen atoms in total. The molecular weight excluding hydrogens is 1580 g/mol. The number of nitrogens with one attached hydrogen (secondary N) is 6. The van der Waals surface area contributed by atoms with Crippen LogP contribution in [0.25, 0.3) is 10.8 Å². The van der Waals surface area contributed by atoms with E-state index in [-0.39, 0.29) is 65.8 Å². The molecule has 8 aromatic carbocycles. The number of benzene rings is 8. The fourth-order valence-electron chi connectivity index (χ4n) is 14.7. The lowest BCUT2D eigenvalue weighted by molar-refractivity contribution is -0.358. The maximum Gasteiger partial charge on any atom is 0.407 e. The first-order chi connectivity index (χ1) is 58.6. The van der Waals surface area contributed by atoms with Crippen LogP contribution in [0.15, 0.2) is 224 Å². The summed E-state index contributed by atoms with van der Waals surface area (Å²) in [6.07, 6.45) is -30.1. The van der Waals surface area contributed by atoms with Crippen molar-refractivity contribution in [3.63, 3.8) is 0 Å². The minimum Gasteiger partial charge on any atom is -0.445 e. The van der Waals surface area contributed by atoms with Crippen molar-refractivity contribution in [2.45, 2.75) is 207 Å². The number of carbonyl (C=O) groups excluding carboxylic acids is 5. The van der Waals surface area contributed by atoms with Gasteiger partial charge in [0.25, 0.3) is 0 Å². The van der Waals surface area contributed by atoms with Crippen LogP contribution >= 0.6 is 0 Å². The third-order valence-electron chi connectivity index (χ3n) is 22.4. The van der Waals surface area contributed by atoms with Gasteiger partial charge in [0.05, 0.1) is 31.9 Å². The highest BCUT2D eigenvalue weighted by molar-refractivity contribution is 6.74. The van der Waals surface area contributed by atoms with E-state index in [0.29, 0.717) is 46.3 Å². The molecule has 0 radical (unpaired) electrons. The van der Waals surface area contributed by atoms with Crippen LogP contribution < -0.4 is 31.9 Å². The molecule has 1 saturated carbocycles. The van der Waals surface area contributed by atoms with Crippen LogP contribution in [0.1, 0.15) is 72.4 Å². The Kier molecular flexibility index (Phi) is 31.3. The lowest BCUT2D eigenvalue weighted by Crippen LogP contribution is -2.71. The van der Waals surface area contributed by atoms with Crippen molar-refractivity contribution >= 4 is 49.6 Å². The van der Waals surface area contributed by atoms with E-state index in [2.05, 4.69) is 50.1 Å². The minimum absolute atomic E-state index is 0.110. The van der Waals surface area contributed by atoms with E-state index in [1.165, 1.54) is 0 Å². The largest absolute Gasteiger partial charge is 0.445 e. The van der Waals surface area contributed by atoms with Gasteiger partial charge in [-0.2, -0.15) is 0 Å². The molecule has 121 heavy (non-hydrogen) atoms. The summed E-state index contributed by atoms with van der Waals surface area (Å²) in [5, 5.41) is 70.0. The van der Waals surface area contributed by atoms with Gasteiger partial charge in [-0.05, 0) is 81.7 Å². The van der Waals surface area contributed by atoms with E-state index in [4.69, 9.17) is 70.7 Å². The van der Waals surface area contributed by atoms with Crippen molar-refractivity contribution in [2.24, 2.45) is 0 Å². The van der Waals surface area contributed by atoms with Gasteiger partial charge in [0.15, 0.2) is 33.5 Å². The number of aliphatic hydroxyl groups excluding tert-OH is 4. The van der Waals surface area contributed by atoms with E-state index in [9.17, 15) is 44.4 Å². The monoisotopic (exact) mass is 1680 g/mol. The number of rotatable bonds is 33. The zero-order valence-electron chi connectivity index (χ0n) is 68.1. The summed E-state index contributed by atoms with van der Waals surface area (Å²) in [4.78, 5) is 71.3. The summed E-state index contributed by atoms with van der Waals surface area (Å²) in [5.74, 6) is 0. The molecule has 10 N–H and O–H groups in total. The van der Waals surface area contributed by atoms with Crippen molar-refractivity contribution in [2.75, 3.05) is 39.5 Å². The Morgan fingerprint density at radius 1 is 0.438 bits per heavy atom. The number of hydrogen-bond donors (Lipinski definition) is 10. The molecule has 0 spiro atoms. The van der Waals surface area contributed by atoms with Gasteiger partial charge in [0.1, 0.15) is 118 Å². The standard InChI is InChI=1S/C90H108N6O24Si/c1-90(2,3)121(4,5)113-55-69-78(119-82-70(95-88(104)111-52-60-32-18-9-19-33-60)74(99)73(98)67(114-82)48-92-85(101)108-49-57-26-12-6-13-27-57)80(106-45-44-91-43-42-56-40-41-62-36-24-25-39-64(62)46-56)84(116-69)120-79-72(97)65(93-86(102)109-50-58-28-14-7-15-29-58)47-66(94-87(103)110-51-59-30-16-8-17-31-59)76(79)117-83-71(96-89(105)112-53-61-34-20-10-21-35-61)75(100)77-68(115-83)54-107-81(118-77)63-37-22-11-23-38-63/h6-41,46,65-84,91,97-100H,42-45,47-55H2,1-5H3,(H,92,101)(H,93,102)(H,94,103)(H,95,104)(H,96,105)/t65-,66+,67+,68-,69-,70-,71-,72+,73-,74-,75-,76-,77-,78-,79-,80-,81?,82-,83-,84+/m1/s1. The van der Waals surface area contributed by atoms with Gasteiger partial charge in [-0.15, -0.1) is 0 Å². The molecule has 646 valence electrons. The number of ether oxygens (including phenoxy) is 14. The molecule has 5 fully saturated rings. The molecule has 31 heteroatoms. The van der Waals surface area contributed by atoms with Gasteiger partial charge in [-0.1, -0.05) is 245 Å². The Labute approximate surface area is 703 Å². The second-order valence-corrected chi connectivity index (χ2v) is 36.7. The molecule has 5 aliphatic rings. The maximum absolute atomic E-state index is 14.8. The molecule has 0 aromatic heterocycles. The zero-order chi connectivity index (χ0) is 84.8. The van der Waals surface area contributed by atoms with Crippen LogP contribution in [0, 0.1) is 0 Å². The van der Waals surface area contributed by atoms with Crippen LogP contribution in [0.4, 0.5) is 24.0 Å². The van der Waals surface area contributed by atoms with Crippen LogP contribution in [0.3, 0.4) is 0 Å². The van der Waals surface area contributed by atoms with Gasteiger partial charge >= 0.3 is 30.5 Å². The van der Waals surface area contributed by atoms with Gasteiger partial charge in [-0.25, -0.2) is 24.0 Å². The van der Waals surface area contributed by atoms with Crippen LogP contribution in [0.5, 0.6) is 0 Å². The smallest absolute Gasteiger partial charge is 0.407 e. The molecule has 0 bridgehead atoms. The average Bonchev–Trinajstić information content (AvgIpc) is 1.71. The fraction of sp³-hybridized carbons (Fsp3) is 0.433. The topological polar surface area (TPSA) is 377 Å². The summed E-state index contributed by atoms with van der Waals surface area (Å²) in [6.45, 7) is 8.85. The van der Waals surface area contributed by atoms with Gasteiger partial charge < -0.3 is 123 Å². The first-order valence-corrected chi connectivity index (χ1v) is 43.7. The van der Waals surface area contributed by atoms with Gasteiger partial charge in [0, 0.05) is 18.7 Å². The molecule has 4 aliphatic heterocycles. The molecule has 1 unspecified atom stereocenters. The number of amides is 5. The van der Waals surface area contributed by atoms with Crippen LogP contribution in [-0.4, -0.2) is 215 Å². The predicted octanol–water partition coefficient (Wildman–Crippen LogP) is 9.78. The predicted molar refractivity (Wildman–Crippen MR) is 441 cm³/mol. The molecule has 1 aliphatic carbocycles. The number of carbonyl (C=O) groups is 5. The van der Waals surface area contributed by atoms with E-state index in [1.807, 2.05) is 76.3 Å². The summed E-state index contributed by atoms with van der Waals surface area (Å²) >= 11 is 0. The lowest BCUT2D eigenvalue weighted by Gasteiger charge is -2.51. The molecule has 5 amide bonds. The Bertz CT molecular complexity index is 4580. The summed E-state index contributed by atoms with van der Waals surface area (Å²) in [7, 11) is -2.83. The number of aliphatic hydroxyl groups is 4. The molecule has 4 saturated heterocycles. The highest BCUT2D eigenvalue weighted by Gasteiger charge is 2.59. The number of alkyl carbamates (subject to hydrolysis) is 5. The molecule has 20 atom stereocenters. The minimum atomic E-state index is -2.83. The van der Waals surface area contributed by atoms with Crippen LogP contribution in [0.2, 0.25) is 18.1 Å². The second-order valence-electron chi connectivity index (χ2n) is 31.9. The Morgan fingerprint density at radius 2 is 0.901 bits per heavy atom. The third-order valence-corrected chi connectivity index (χ3v) is 26.9. The van der Waals surface area contributed by atoms with Crippen molar-refractivity contribution < 1.29 is 115 Å². The Balaban J connectivity index is 0.885. The number of fused-ring (bicyclic) bond motifs is 2. The highest BCUT2D eigenvalue weighted by atomic mass is 28.4. The number of hydrogen-bond acceptors (Lipinski definition) is 25. The van der Waals surface area contributed by atoms with Crippen molar-refractivity contribution in [3.8, 4) is 0 Å². The molecule has 13 rings (SSSR count). The molecule has 8 aromatic rings. The average molecular weight is 1690 g/mol. The first-order valence-electron chi connectivity index (χ1n) is 40.8. The van der Waals surface area contributed by atoms with E-state index in [0.717, 1.165) is 16.3 Å². The van der Waals surface area contributed by atoms with E-state index >= 15 is 0 Å². The normalized spacial score (nSPS) is 27.2. The Hall–Kier alpha value is -10.0. The summed E-state index contributed by atoms with van der Waals surface area (Å²) in [5.41, 5.74) is 4.91. The Morgan fingerprint density at radius 3 is 1.45 bits per heavy atom. The second kappa shape index (κ2) is 42.7. The van der Waals surface area contributed by atoms with Gasteiger partial charge in [-0.3, -0.25) is 0 Å². The molecule has 4 heterocycles. The lowest BCUT2D eigenvalue weighted by atomic mass is 9.83. The zero-order valence-corrected chi connectivity index (χ0v) is 69.1. The van der Waals surface area contributed by atoms with Crippen molar-refractivity contribution in [3.05, 3.63) is 263 Å². The SMILES string of the molecule is CC(C)(C)[Si](C)(C)OC[C@H]1O[C@@H](O[C@@H]2[C@@H](O)[C@H](NC(=O)OCc3ccccc3)C[C@H](NC(=O)OCc3ccccc3)[C@H]2O[C@H]2O[C@@H]3COC(c4ccccc4)O[C@H]3[C@H](O)[C@H]2NC(=O)OCc2ccccc2)[C@H](OCCNCCc2ccc3ccccc3c2)[C@@H]1O[C@H]1O[C@@H](CNC(=O)OCc2ccccc2)[C@@H](O)[C@H](O)[C@H]1NC(=O)OCc1ccccc1. The molecular formula is C90H108N6O24Si. The quantitative estimate of drug-likeness (QED) is 0.0104. The highest BCUT2D eigenvalue weighted by Crippen LogP contribution is 2.42. The summed E-state index contributed by atoms with van der Waals surface area (Å²) < 4.78 is 98.1. The van der Waals surface area contributed by atoms with Gasteiger partial charge in [0.2, 0.25) is 0 Å². The maximum atomic E-state index is 14.8. The van der Waals surface area contributed by atoms with Crippen LogP contribution in [-0.2, 0) is 110 Å². The third kappa shape index (κ3) is 24.5. The van der Waals surface area contributed by atoms with Crippen molar-refractivity contribution in [1.82, 2.24) is 31.9 Å².